The maximum atomic E-state index is 11.8. The van der Waals surface area contributed by atoms with Crippen LogP contribution in [0, 0.1) is 11.8 Å². The number of nitrogens with two attached hydrogens (primary N) is 1. The van der Waals surface area contributed by atoms with Gasteiger partial charge >= 0.3 is 5.97 Å². The first kappa shape index (κ1) is 17.9. The molecule has 5 nitrogen and oxygen atoms in total. The molecule has 2 atom stereocenters. The second kappa shape index (κ2) is 9.78. The topological polar surface area (TPSA) is 92.4 Å². The lowest BCUT2D eigenvalue weighted by molar-refractivity contribution is -0.137. The Labute approximate surface area is 115 Å². The molecule has 0 aliphatic heterocycles. The number of carboxylic acids is 1. The summed E-state index contributed by atoms with van der Waals surface area (Å²) >= 11 is 0. The Morgan fingerprint density at radius 3 is 2.32 bits per heavy atom. The van der Waals surface area contributed by atoms with Crippen LogP contribution in [0.15, 0.2) is 0 Å². The molecule has 0 spiro atoms. The quantitative estimate of drug-likeness (QED) is 0.565. The van der Waals surface area contributed by atoms with Gasteiger partial charge in [-0.15, -0.1) is 0 Å². The minimum atomic E-state index is -0.879. The number of hydrogen-bond acceptors (Lipinski definition) is 3. The molecule has 0 fully saturated rings. The van der Waals surface area contributed by atoms with Crippen molar-refractivity contribution in [3.05, 3.63) is 0 Å². The number of rotatable bonds is 10. The highest BCUT2D eigenvalue weighted by molar-refractivity contribution is 5.77. The zero-order chi connectivity index (χ0) is 14.8. The normalized spacial score (nSPS) is 14.2. The third kappa shape index (κ3) is 8.59. The van der Waals surface area contributed by atoms with Crippen LogP contribution in [-0.4, -0.2) is 29.6 Å². The standard InChI is InChI=1S/C14H28N2O3/c1-4-12(9-14(18)19)16-13(17)6-5-11(7-8-15)10(2)3/h10-12H,4-9,15H2,1-3H3,(H,16,17)(H,18,19). The number of carbonyl (C=O) groups excluding carboxylic acids is 1. The Kier molecular flexibility index (Phi) is 9.21. The van der Waals surface area contributed by atoms with E-state index in [-0.39, 0.29) is 18.4 Å². The van der Waals surface area contributed by atoms with Crippen LogP contribution < -0.4 is 11.1 Å². The summed E-state index contributed by atoms with van der Waals surface area (Å²) in [5, 5.41) is 11.5. The lowest BCUT2D eigenvalue weighted by Gasteiger charge is -2.20. The van der Waals surface area contributed by atoms with Gasteiger partial charge in [0, 0.05) is 12.5 Å². The van der Waals surface area contributed by atoms with E-state index in [1.807, 2.05) is 6.92 Å². The van der Waals surface area contributed by atoms with E-state index in [9.17, 15) is 9.59 Å². The van der Waals surface area contributed by atoms with Crippen LogP contribution in [0.2, 0.25) is 0 Å². The van der Waals surface area contributed by atoms with Crippen molar-refractivity contribution in [3.63, 3.8) is 0 Å². The number of hydrogen-bond donors (Lipinski definition) is 3. The van der Waals surface area contributed by atoms with E-state index in [2.05, 4.69) is 19.2 Å². The fraction of sp³-hybridized carbons (Fsp3) is 0.857. The van der Waals surface area contributed by atoms with Crippen LogP contribution >= 0.6 is 0 Å². The number of amides is 1. The van der Waals surface area contributed by atoms with Crippen LogP contribution in [0.25, 0.3) is 0 Å². The van der Waals surface area contributed by atoms with Crippen molar-refractivity contribution in [1.82, 2.24) is 5.32 Å². The largest absolute Gasteiger partial charge is 0.481 e. The monoisotopic (exact) mass is 272 g/mol. The second-order valence-corrected chi connectivity index (χ2v) is 5.39. The molecule has 0 radical (unpaired) electrons. The van der Waals surface area contributed by atoms with E-state index in [1.54, 1.807) is 0 Å². The summed E-state index contributed by atoms with van der Waals surface area (Å²) in [6, 6.07) is -0.267. The lowest BCUT2D eigenvalue weighted by Crippen LogP contribution is -2.36. The van der Waals surface area contributed by atoms with Gasteiger partial charge in [-0.25, -0.2) is 0 Å². The van der Waals surface area contributed by atoms with E-state index < -0.39 is 5.97 Å². The third-order valence-electron chi connectivity index (χ3n) is 3.50. The average Bonchev–Trinajstić information content (AvgIpc) is 2.32. The number of carboxylic acid groups (broad SMARTS) is 1. The van der Waals surface area contributed by atoms with Gasteiger partial charge in [-0.1, -0.05) is 20.8 Å². The lowest BCUT2D eigenvalue weighted by atomic mass is 9.88. The molecule has 0 aromatic rings. The molecule has 112 valence electrons. The van der Waals surface area contributed by atoms with E-state index >= 15 is 0 Å². The van der Waals surface area contributed by atoms with Crippen LogP contribution in [0.3, 0.4) is 0 Å². The van der Waals surface area contributed by atoms with E-state index in [0.29, 0.717) is 31.2 Å². The molecule has 5 heteroatoms. The maximum Gasteiger partial charge on any atom is 0.305 e. The summed E-state index contributed by atoms with van der Waals surface area (Å²) in [5.74, 6) is 0.0266. The Balaban J connectivity index is 4.11. The molecule has 0 aromatic heterocycles. The SMILES string of the molecule is CCC(CC(=O)O)NC(=O)CCC(CCN)C(C)C. The number of nitrogens with one attached hydrogen (secondary N) is 1. The van der Waals surface area contributed by atoms with Gasteiger partial charge < -0.3 is 16.2 Å². The zero-order valence-corrected chi connectivity index (χ0v) is 12.3. The highest BCUT2D eigenvalue weighted by Crippen LogP contribution is 2.20. The fourth-order valence-electron chi connectivity index (χ4n) is 2.15. The predicted molar refractivity (Wildman–Crippen MR) is 75.7 cm³/mol. The molecule has 0 aliphatic rings. The first-order valence-corrected chi connectivity index (χ1v) is 7.11. The van der Waals surface area contributed by atoms with E-state index in [1.165, 1.54) is 0 Å². The highest BCUT2D eigenvalue weighted by atomic mass is 16.4. The van der Waals surface area contributed by atoms with Gasteiger partial charge in [-0.3, -0.25) is 9.59 Å². The minimum absolute atomic E-state index is 0.0152. The van der Waals surface area contributed by atoms with Crippen molar-refractivity contribution in [2.45, 2.75) is 58.9 Å². The van der Waals surface area contributed by atoms with Crippen molar-refractivity contribution in [3.8, 4) is 0 Å². The van der Waals surface area contributed by atoms with E-state index in [0.717, 1.165) is 12.8 Å². The number of aliphatic carboxylic acids is 1. The van der Waals surface area contributed by atoms with Gasteiger partial charge in [0.25, 0.3) is 0 Å². The van der Waals surface area contributed by atoms with Crippen molar-refractivity contribution < 1.29 is 14.7 Å². The minimum Gasteiger partial charge on any atom is -0.481 e. The van der Waals surface area contributed by atoms with E-state index in [4.69, 9.17) is 10.8 Å². The summed E-state index contributed by atoms with van der Waals surface area (Å²) in [5.41, 5.74) is 5.56. The predicted octanol–water partition coefficient (Wildman–Crippen LogP) is 1.76. The Morgan fingerprint density at radius 1 is 1.26 bits per heavy atom. The smallest absolute Gasteiger partial charge is 0.305 e. The number of carbonyl (C=O) groups is 2. The maximum absolute atomic E-state index is 11.8. The molecule has 4 N–H and O–H groups in total. The first-order valence-electron chi connectivity index (χ1n) is 7.11. The molecule has 1 amide bonds. The molecule has 0 aliphatic carbocycles. The molecule has 2 unspecified atom stereocenters. The Morgan fingerprint density at radius 2 is 1.89 bits per heavy atom. The zero-order valence-electron chi connectivity index (χ0n) is 12.3. The fourth-order valence-corrected chi connectivity index (χ4v) is 2.15. The molecular weight excluding hydrogens is 244 g/mol. The summed E-state index contributed by atoms with van der Waals surface area (Å²) in [4.78, 5) is 22.4. The Hall–Kier alpha value is -1.10. The molecular formula is C14H28N2O3. The van der Waals surface area contributed by atoms with Gasteiger partial charge in [0.15, 0.2) is 0 Å². The molecule has 0 saturated carbocycles. The van der Waals surface area contributed by atoms with Crippen LogP contribution in [0.1, 0.15) is 52.9 Å². The van der Waals surface area contributed by atoms with Gasteiger partial charge in [0.2, 0.25) is 5.91 Å². The van der Waals surface area contributed by atoms with Crippen molar-refractivity contribution in [2.75, 3.05) is 6.54 Å². The van der Waals surface area contributed by atoms with Gasteiger partial charge in [0.1, 0.15) is 0 Å². The first-order chi connectivity index (χ1) is 8.90. The molecule has 0 bridgehead atoms. The van der Waals surface area contributed by atoms with Crippen LogP contribution in [0.4, 0.5) is 0 Å². The highest BCUT2D eigenvalue weighted by Gasteiger charge is 2.17. The second-order valence-electron chi connectivity index (χ2n) is 5.39. The molecule has 19 heavy (non-hydrogen) atoms. The van der Waals surface area contributed by atoms with Crippen LogP contribution in [0.5, 0.6) is 0 Å². The summed E-state index contributed by atoms with van der Waals surface area (Å²) in [7, 11) is 0. The van der Waals surface area contributed by atoms with Crippen molar-refractivity contribution >= 4 is 11.9 Å². The third-order valence-corrected chi connectivity index (χ3v) is 3.50. The van der Waals surface area contributed by atoms with Gasteiger partial charge in [-0.2, -0.15) is 0 Å². The summed E-state index contributed by atoms with van der Waals surface area (Å²) in [6.07, 6.45) is 2.80. The van der Waals surface area contributed by atoms with Crippen molar-refractivity contribution in [2.24, 2.45) is 17.6 Å². The Bertz CT molecular complexity index is 280. The van der Waals surface area contributed by atoms with Gasteiger partial charge in [-0.05, 0) is 37.6 Å². The molecule has 0 saturated heterocycles. The molecule has 0 aromatic carbocycles. The molecule has 0 heterocycles. The van der Waals surface area contributed by atoms with Gasteiger partial charge in [0.05, 0.1) is 6.42 Å². The summed E-state index contributed by atoms with van der Waals surface area (Å²) < 4.78 is 0. The average molecular weight is 272 g/mol. The van der Waals surface area contributed by atoms with Crippen LogP contribution in [-0.2, 0) is 9.59 Å². The summed E-state index contributed by atoms with van der Waals surface area (Å²) in [6.45, 7) is 6.79. The van der Waals surface area contributed by atoms with Crippen molar-refractivity contribution in [1.29, 1.82) is 0 Å². The molecule has 0 rings (SSSR count).